The lowest BCUT2D eigenvalue weighted by molar-refractivity contribution is 0.0945. The Morgan fingerprint density at radius 3 is 2.63 bits per heavy atom. The van der Waals surface area contributed by atoms with Crippen molar-refractivity contribution in [2.45, 2.75) is 11.9 Å². The molecule has 0 saturated carbocycles. The van der Waals surface area contributed by atoms with E-state index in [1.807, 2.05) is 24.3 Å². The largest absolute Gasteiger partial charge is 0.347 e. The zero-order valence-electron chi connectivity index (χ0n) is 10.2. The number of carbonyl (C=O) groups excluding carboxylic acids is 1. The van der Waals surface area contributed by atoms with Gasteiger partial charge in [-0.15, -0.1) is 0 Å². The van der Waals surface area contributed by atoms with E-state index in [4.69, 9.17) is 0 Å². The number of aromatic amines is 1. The van der Waals surface area contributed by atoms with Crippen LogP contribution in [0.15, 0.2) is 47.3 Å². The molecule has 0 fully saturated rings. The number of carbonyl (C=O) groups is 1. The summed E-state index contributed by atoms with van der Waals surface area (Å²) in [7, 11) is 0. The van der Waals surface area contributed by atoms with Crippen molar-refractivity contribution in [1.29, 1.82) is 0 Å². The lowest BCUT2D eigenvalue weighted by atomic mass is 10.1. The summed E-state index contributed by atoms with van der Waals surface area (Å²) in [4.78, 5) is 25.4. The van der Waals surface area contributed by atoms with Gasteiger partial charge in [0.05, 0.1) is 0 Å². The van der Waals surface area contributed by atoms with Crippen molar-refractivity contribution >= 4 is 21.8 Å². The van der Waals surface area contributed by atoms with Crippen LogP contribution in [0.2, 0.25) is 0 Å². The van der Waals surface area contributed by atoms with Crippen LogP contribution in [-0.2, 0) is 11.9 Å². The van der Waals surface area contributed by atoms with Crippen molar-refractivity contribution in [3.8, 4) is 0 Å². The molecular weight excluding hydrogens is 308 g/mol. The first kappa shape index (κ1) is 13.5. The Bertz CT molecular complexity index is 637. The summed E-state index contributed by atoms with van der Waals surface area (Å²) in [6.07, 6.45) is 0. The molecule has 0 aliphatic heterocycles. The third kappa shape index (κ3) is 3.79. The van der Waals surface area contributed by atoms with Crippen LogP contribution in [0.3, 0.4) is 0 Å². The number of H-pyrrole nitrogens is 1. The lowest BCUT2D eigenvalue weighted by Gasteiger charge is -2.06. The summed E-state index contributed by atoms with van der Waals surface area (Å²) in [6.45, 7) is 0.427. The number of benzene rings is 1. The Morgan fingerprint density at radius 2 is 1.89 bits per heavy atom. The highest BCUT2D eigenvalue weighted by atomic mass is 79.9. The number of hydrogen-bond donors (Lipinski definition) is 2. The molecule has 0 spiro atoms. The van der Waals surface area contributed by atoms with E-state index in [0.717, 1.165) is 16.5 Å². The monoisotopic (exact) mass is 320 g/mol. The molecule has 19 heavy (non-hydrogen) atoms. The van der Waals surface area contributed by atoms with Gasteiger partial charge in [-0.2, -0.15) is 0 Å². The minimum Gasteiger partial charge on any atom is -0.347 e. The Labute approximate surface area is 119 Å². The summed E-state index contributed by atoms with van der Waals surface area (Å²) >= 11 is 3.39. The third-order valence-electron chi connectivity index (χ3n) is 2.61. The molecule has 4 nitrogen and oxygen atoms in total. The Balaban J connectivity index is 2.02. The average Bonchev–Trinajstić information content (AvgIpc) is 2.45. The Morgan fingerprint density at radius 1 is 1.16 bits per heavy atom. The first-order chi connectivity index (χ1) is 9.19. The highest BCUT2D eigenvalue weighted by Crippen LogP contribution is 2.08. The molecule has 2 rings (SSSR count). The zero-order valence-corrected chi connectivity index (χ0v) is 11.7. The number of aromatic nitrogens is 1. The molecule has 0 unspecified atom stereocenters. The molecule has 0 saturated heterocycles. The zero-order chi connectivity index (χ0) is 13.7. The number of pyridine rings is 1. The molecule has 0 radical (unpaired) electrons. The fourth-order valence-electron chi connectivity index (χ4n) is 1.68. The molecule has 0 aliphatic rings. The predicted molar refractivity (Wildman–Crippen MR) is 77.3 cm³/mol. The van der Waals surface area contributed by atoms with E-state index in [-0.39, 0.29) is 17.2 Å². The van der Waals surface area contributed by atoms with Crippen LogP contribution in [0.4, 0.5) is 0 Å². The summed E-state index contributed by atoms with van der Waals surface area (Å²) in [5.74, 6) is -0.290. The standard InChI is InChI=1S/C14H13BrN2O2/c15-8-10-3-1-4-11(7-10)9-16-14(19)12-5-2-6-13(18)17-12/h1-7H,8-9H2,(H,16,19)(H,17,18). The highest BCUT2D eigenvalue weighted by Gasteiger charge is 2.05. The van der Waals surface area contributed by atoms with Crippen LogP contribution in [0.25, 0.3) is 0 Å². The molecule has 0 atom stereocenters. The van der Waals surface area contributed by atoms with Gasteiger partial charge in [0.1, 0.15) is 5.69 Å². The smallest absolute Gasteiger partial charge is 0.268 e. The van der Waals surface area contributed by atoms with Gasteiger partial charge in [-0.05, 0) is 17.2 Å². The summed E-state index contributed by atoms with van der Waals surface area (Å²) in [6, 6.07) is 12.4. The topological polar surface area (TPSA) is 62.0 Å². The van der Waals surface area contributed by atoms with E-state index < -0.39 is 0 Å². The maximum Gasteiger partial charge on any atom is 0.268 e. The van der Waals surface area contributed by atoms with Gasteiger partial charge in [-0.3, -0.25) is 9.59 Å². The first-order valence-corrected chi connectivity index (χ1v) is 6.92. The second-order valence-corrected chi connectivity index (χ2v) is 4.63. The maximum atomic E-state index is 11.8. The summed E-state index contributed by atoms with van der Waals surface area (Å²) < 4.78 is 0. The van der Waals surface area contributed by atoms with Gasteiger partial charge in [0.15, 0.2) is 0 Å². The Kier molecular flexibility index (Phi) is 4.52. The number of hydrogen-bond acceptors (Lipinski definition) is 2. The molecule has 2 aromatic rings. The van der Waals surface area contributed by atoms with Crippen molar-refractivity contribution in [2.24, 2.45) is 0 Å². The molecule has 98 valence electrons. The minimum absolute atomic E-state index is 0.268. The van der Waals surface area contributed by atoms with E-state index in [9.17, 15) is 9.59 Å². The van der Waals surface area contributed by atoms with Crippen LogP contribution in [0.1, 0.15) is 21.6 Å². The van der Waals surface area contributed by atoms with Crippen LogP contribution in [-0.4, -0.2) is 10.9 Å². The van der Waals surface area contributed by atoms with Crippen LogP contribution < -0.4 is 10.9 Å². The molecule has 1 heterocycles. The number of amides is 1. The van der Waals surface area contributed by atoms with Crippen molar-refractivity contribution in [2.75, 3.05) is 0 Å². The van der Waals surface area contributed by atoms with Gasteiger partial charge >= 0.3 is 0 Å². The van der Waals surface area contributed by atoms with Gasteiger partial charge in [0.25, 0.3) is 5.91 Å². The number of rotatable bonds is 4. The summed E-state index contributed by atoms with van der Waals surface area (Å²) in [5.41, 5.74) is 2.15. The van der Waals surface area contributed by atoms with E-state index in [1.165, 1.54) is 6.07 Å². The fraction of sp³-hybridized carbons (Fsp3) is 0.143. The van der Waals surface area contributed by atoms with Crippen molar-refractivity contribution < 1.29 is 4.79 Å². The molecule has 5 heteroatoms. The molecule has 0 aliphatic carbocycles. The SMILES string of the molecule is O=C(NCc1cccc(CBr)c1)c1cccc(=O)[nH]1. The van der Waals surface area contributed by atoms with Crippen LogP contribution >= 0.6 is 15.9 Å². The van der Waals surface area contributed by atoms with Crippen LogP contribution in [0.5, 0.6) is 0 Å². The van der Waals surface area contributed by atoms with E-state index in [0.29, 0.717) is 6.54 Å². The quantitative estimate of drug-likeness (QED) is 0.848. The van der Waals surface area contributed by atoms with Gasteiger partial charge < -0.3 is 10.3 Å². The molecule has 2 N–H and O–H groups in total. The number of nitrogens with one attached hydrogen (secondary N) is 2. The van der Waals surface area contributed by atoms with Gasteiger partial charge in [0.2, 0.25) is 5.56 Å². The number of alkyl halides is 1. The fourth-order valence-corrected chi connectivity index (χ4v) is 2.03. The maximum absolute atomic E-state index is 11.8. The lowest BCUT2D eigenvalue weighted by Crippen LogP contribution is -2.25. The summed E-state index contributed by atoms with van der Waals surface area (Å²) in [5, 5.41) is 3.55. The van der Waals surface area contributed by atoms with Crippen LogP contribution in [0, 0.1) is 0 Å². The first-order valence-electron chi connectivity index (χ1n) is 5.80. The molecule has 0 bridgehead atoms. The average molecular weight is 321 g/mol. The van der Waals surface area contributed by atoms with E-state index in [1.54, 1.807) is 12.1 Å². The minimum atomic E-state index is -0.290. The van der Waals surface area contributed by atoms with E-state index in [2.05, 4.69) is 26.2 Å². The van der Waals surface area contributed by atoms with Gasteiger partial charge in [0, 0.05) is 17.9 Å². The van der Waals surface area contributed by atoms with Crippen molar-refractivity contribution in [1.82, 2.24) is 10.3 Å². The highest BCUT2D eigenvalue weighted by molar-refractivity contribution is 9.08. The third-order valence-corrected chi connectivity index (χ3v) is 3.26. The number of halogens is 1. The Hall–Kier alpha value is -1.88. The van der Waals surface area contributed by atoms with Crippen molar-refractivity contribution in [3.63, 3.8) is 0 Å². The predicted octanol–water partition coefficient (Wildman–Crippen LogP) is 2.20. The normalized spacial score (nSPS) is 10.2. The van der Waals surface area contributed by atoms with Gasteiger partial charge in [-0.1, -0.05) is 46.3 Å². The second-order valence-electron chi connectivity index (χ2n) is 4.06. The van der Waals surface area contributed by atoms with Crippen molar-refractivity contribution in [3.05, 3.63) is 69.6 Å². The van der Waals surface area contributed by atoms with E-state index >= 15 is 0 Å². The molecule has 1 aromatic heterocycles. The van der Waals surface area contributed by atoms with Gasteiger partial charge in [-0.25, -0.2) is 0 Å². The second kappa shape index (κ2) is 6.33. The molecule has 1 aromatic carbocycles. The molecular formula is C14H13BrN2O2. The molecule has 1 amide bonds.